The third-order valence-corrected chi connectivity index (χ3v) is 5.11. The molecule has 1 fully saturated rings. The summed E-state index contributed by atoms with van der Waals surface area (Å²) in [5, 5.41) is 11.1. The molecule has 0 spiro atoms. The third-order valence-electron chi connectivity index (χ3n) is 5.11. The fourth-order valence-electron chi connectivity index (χ4n) is 3.60. The van der Waals surface area contributed by atoms with E-state index in [9.17, 15) is 19.5 Å². The van der Waals surface area contributed by atoms with Crippen molar-refractivity contribution in [2.24, 2.45) is 0 Å². The molecule has 8 nitrogen and oxygen atoms in total. The number of benzene rings is 2. The average Bonchev–Trinajstić information content (AvgIpc) is 3.01. The first kappa shape index (κ1) is 23.0. The zero-order valence-electron chi connectivity index (χ0n) is 18.5. The molecule has 0 aromatic heterocycles. The van der Waals surface area contributed by atoms with Gasteiger partial charge in [0.05, 0.1) is 18.7 Å². The Labute approximate surface area is 186 Å². The maximum absolute atomic E-state index is 13.0. The second-order valence-corrected chi connectivity index (χ2v) is 7.69. The van der Waals surface area contributed by atoms with Crippen LogP contribution in [0.5, 0.6) is 11.5 Å². The van der Waals surface area contributed by atoms with Gasteiger partial charge in [0.1, 0.15) is 17.3 Å². The van der Waals surface area contributed by atoms with Crippen LogP contribution in [0.3, 0.4) is 0 Å². The fourth-order valence-corrected chi connectivity index (χ4v) is 3.60. The van der Waals surface area contributed by atoms with Crippen LogP contribution >= 0.6 is 0 Å². The van der Waals surface area contributed by atoms with Crippen molar-refractivity contribution in [1.29, 1.82) is 0 Å². The van der Waals surface area contributed by atoms with E-state index < -0.39 is 23.7 Å². The van der Waals surface area contributed by atoms with Crippen molar-refractivity contribution in [2.45, 2.75) is 13.0 Å². The lowest BCUT2D eigenvalue weighted by atomic mass is 9.95. The number of carbonyl (C=O) groups excluding carboxylic acids is 3. The van der Waals surface area contributed by atoms with E-state index in [1.54, 1.807) is 48.5 Å². The molecule has 3 rings (SSSR count). The first-order valence-electron chi connectivity index (χ1n) is 10.1. The van der Waals surface area contributed by atoms with E-state index in [2.05, 4.69) is 0 Å². The fraction of sp³-hybridized carbons (Fsp3) is 0.292. The molecule has 0 aliphatic carbocycles. The molecular formula is C24H26N2O6. The van der Waals surface area contributed by atoms with Gasteiger partial charge in [0.15, 0.2) is 0 Å². The van der Waals surface area contributed by atoms with E-state index >= 15 is 0 Å². The molecule has 1 unspecified atom stereocenters. The van der Waals surface area contributed by atoms with Gasteiger partial charge in [-0.2, -0.15) is 0 Å². The summed E-state index contributed by atoms with van der Waals surface area (Å²) < 4.78 is 10.4. The number of methoxy groups -OCH3 is 1. The summed E-state index contributed by atoms with van der Waals surface area (Å²) in [6.45, 7) is 2.08. The molecule has 1 saturated heterocycles. The van der Waals surface area contributed by atoms with Gasteiger partial charge in [0.25, 0.3) is 11.7 Å². The van der Waals surface area contributed by atoms with Crippen molar-refractivity contribution in [3.8, 4) is 11.5 Å². The minimum atomic E-state index is -0.836. The molecule has 2 aromatic carbocycles. The average molecular weight is 438 g/mol. The smallest absolute Gasteiger partial charge is 0.308 e. The van der Waals surface area contributed by atoms with Crippen LogP contribution < -0.4 is 9.47 Å². The molecule has 1 N–H and O–H groups in total. The Kier molecular flexibility index (Phi) is 6.95. The number of carbonyl (C=O) groups is 3. The van der Waals surface area contributed by atoms with Gasteiger partial charge >= 0.3 is 5.97 Å². The lowest BCUT2D eigenvalue weighted by Gasteiger charge is -2.26. The van der Waals surface area contributed by atoms with Crippen LogP contribution in [-0.2, 0) is 14.4 Å². The molecule has 1 aliphatic heterocycles. The first-order valence-corrected chi connectivity index (χ1v) is 10.1. The number of ether oxygens (including phenoxy) is 2. The molecule has 1 atom stereocenters. The van der Waals surface area contributed by atoms with Gasteiger partial charge in [-0.25, -0.2) is 0 Å². The Bertz CT molecular complexity index is 1080. The minimum absolute atomic E-state index is 0.0259. The van der Waals surface area contributed by atoms with E-state index in [-0.39, 0.29) is 23.6 Å². The number of aliphatic hydroxyl groups excluding tert-OH is 1. The van der Waals surface area contributed by atoms with Gasteiger partial charge in [-0.1, -0.05) is 24.3 Å². The number of esters is 1. The summed E-state index contributed by atoms with van der Waals surface area (Å²) in [4.78, 5) is 40.7. The zero-order valence-corrected chi connectivity index (χ0v) is 18.5. The molecular weight excluding hydrogens is 412 g/mol. The highest BCUT2D eigenvalue weighted by molar-refractivity contribution is 6.46. The van der Waals surface area contributed by atoms with Crippen molar-refractivity contribution in [2.75, 3.05) is 34.3 Å². The predicted molar refractivity (Wildman–Crippen MR) is 118 cm³/mol. The lowest BCUT2D eigenvalue weighted by molar-refractivity contribution is -0.140. The Hall–Kier alpha value is -3.65. The van der Waals surface area contributed by atoms with Crippen molar-refractivity contribution < 1.29 is 29.0 Å². The minimum Gasteiger partial charge on any atom is -0.507 e. The second-order valence-electron chi connectivity index (χ2n) is 7.69. The number of ketones is 1. The van der Waals surface area contributed by atoms with E-state index in [1.807, 2.05) is 19.0 Å². The van der Waals surface area contributed by atoms with Crippen LogP contribution in [0.1, 0.15) is 24.1 Å². The Morgan fingerprint density at radius 2 is 1.78 bits per heavy atom. The van der Waals surface area contributed by atoms with Crippen molar-refractivity contribution in [1.82, 2.24) is 9.80 Å². The molecule has 0 bridgehead atoms. The van der Waals surface area contributed by atoms with E-state index in [0.717, 1.165) is 0 Å². The predicted octanol–water partition coefficient (Wildman–Crippen LogP) is 2.60. The van der Waals surface area contributed by atoms with Crippen molar-refractivity contribution >= 4 is 23.4 Å². The summed E-state index contributed by atoms with van der Waals surface area (Å²) in [5.41, 5.74) is 0.879. The molecule has 1 amide bonds. The van der Waals surface area contributed by atoms with Gasteiger partial charge in [0, 0.05) is 25.6 Å². The van der Waals surface area contributed by atoms with Crippen LogP contribution in [0.4, 0.5) is 0 Å². The number of hydrogen-bond donors (Lipinski definition) is 1. The highest BCUT2D eigenvalue weighted by Crippen LogP contribution is 2.40. The molecule has 8 heteroatoms. The van der Waals surface area contributed by atoms with Crippen LogP contribution in [-0.4, -0.2) is 66.9 Å². The Balaban J connectivity index is 2.16. The normalized spacial score (nSPS) is 17.7. The first-order chi connectivity index (χ1) is 15.2. The maximum atomic E-state index is 13.0. The van der Waals surface area contributed by atoms with E-state index in [4.69, 9.17) is 9.47 Å². The zero-order chi connectivity index (χ0) is 23.4. The molecule has 168 valence electrons. The molecule has 0 saturated carbocycles. The molecule has 32 heavy (non-hydrogen) atoms. The number of nitrogens with zero attached hydrogens (tertiary/aromatic N) is 2. The van der Waals surface area contributed by atoms with Gasteiger partial charge in [-0.15, -0.1) is 0 Å². The van der Waals surface area contributed by atoms with Gasteiger partial charge in [-0.05, 0) is 43.9 Å². The monoisotopic (exact) mass is 438 g/mol. The highest BCUT2D eigenvalue weighted by Gasteiger charge is 2.46. The van der Waals surface area contributed by atoms with Gasteiger partial charge in [-0.3, -0.25) is 14.4 Å². The Morgan fingerprint density at radius 3 is 2.44 bits per heavy atom. The maximum Gasteiger partial charge on any atom is 0.308 e. The van der Waals surface area contributed by atoms with Crippen molar-refractivity contribution in [3.05, 3.63) is 65.2 Å². The molecule has 2 aromatic rings. The largest absolute Gasteiger partial charge is 0.507 e. The number of amides is 1. The number of Topliss-reactive ketones (excluding diaryl/α,β-unsaturated/α-hetero) is 1. The number of hydrogen-bond acceptors (Lipinski definition) is 7. The van der Waals surface area contributed by atoms with Crippen LogP contribution in [0, 0.1) is 0 Å². The molecule has 1 aliphatic rings. The second kappa shape index (κ2) is 9.65. The summed E-state index contributed by atoms with van der Waals surface area (Å²) in [6.07, 6.45) is 0. The summed E-state index contributed by atoms with van der Waals surface area (Å²) in [7, 11) is 5.23. The van der Waals surface area contributed by atoms with Gasteiger partial charge < -0.3 is 24.4 Å². The summed E-state index contributed by atoms with van der Waals surface area (Å²) in [5.74, 6) is -1.46. The summed E-state index contributed by atoms with van der Waals surface area (Å²) >= 11 is 0. The molecule has 1 heterocycles. The van der Waals surface area contributed by atoms with Crippen LogP contribution in [0.2, 0.25) is 0 Å². The van der Waals surface area contributed by atoms with Crippen LogP contribution in [0.25, 0.3) is 5.76 Å². The number of likely N-dealkylation sites (tertiary alicyclic amines) is 1. The van der Waals surface area contributed by atoms with Crippen LogP contribution in [0.15, 0.2) is 54.1 Å². The van der Waals surface area contributed by atoms with Crippen molar-refractivity contribution in [3.63, 3.8) is 0 Å². The quantitative estimate of drug-likeness (QED) is 0.233. The lowest BCUT2D eigenvalue weighted by Crippen LogP contribution is -2.35. The molecule has 0 radical (unpaired) electrons. The number of aliphatic hydroxyl groups is 1. The highest BCUT2D eigenvalue weighted by atomic mass is 16.5. The summed E-state index contributed by atoms with van der Waals surface area (Å²) in [6, 6.07) is 12.4. The SMILES string of the molecule is COc1cccc(/C(O)=C2/C(=O)C(=O)N(CCN(C)C)C2c2cccc(OC(C)=O)c2)c1. The number of likely N-dealkylation sites (N-methyl/N-ethyl adjacent to an activating group) is 1. The Morgan fingerprint density at radius 1 is 1.09 bits per heavy atom. The van der Waals surface area contributed by atoms with Gasteiger partial charge in [0.2, 0.25) is 0 Å². The third kappa shape index (κ3) is 4.81. The number of rotatable bonds is 7. The standard InChI is InChI=1S/C24H26N2O6/c1-15(27)32-19-10-5-7-16(13-19)21-20(22(28)17-8-6-9-18(14-17)31-4)23(29)24(30)26(21)12-11-25(2)3/h5-10,13-14,21,28H,11-12H2,1-4H3/b22-20-. The topological polar surface area (TPSA) is 96.4 Å². The van der Waals surface area contributed by atoms with E-state index in [1.165, 1.54) is 18.9 Å². The van der Waals surface area contributed by atoms with E-state index in [0.29, 0.717) is 23.4 Å².